The van der Waals surface area contributed by atoms with Gasteiger partial charge < -0.3 is 26.2 Å². The van der Waals surface area contributed by atoms with E-state index in [9.17, 15) is 28.8 Å². The number of amides is 5. The number of carbonyl (C=O) groups excluding carboxylic acids is 6. The summed E-state index contributed by atoms with van der Waals surface area (Å²) in [5, 5.41) is 11.4. The van der Waals surface area contributed by atoms with Gasteiger partial charge in [0.05, 0.1) is 12.2 Å². The maximum atomic E-state index is 14.6. The molecular weight excluding hydrogens is 638 g/mol. The van der Waals surface area contributed by atoms with Gasteiger partial charge in [0.1, 0.15) is 23.8 Å². The van der Waals surface area contributed by atoms with Crippen molar-refractivity contribution in [1.29, 1.82) is 0 Å². The number of nitrogens with one attached hydrogen (secondary N) is 4. The third-order valence-corrected chi connectivity index (χ3v) is 10.4. The molecule has 276 valence electrons. The molecule has 0 radical (unpaired) electrons. The summed E-state index contributed by atoms with van der Waals surface area (Å²) in [6.45, 7) is 11.9. The lowest BCUT2D eigenvalue weighted by Crippen LogP contribution is -2.62. The molecule has 3 fully saturated rings. The van der Waals surface area contributed by atoms with E-state index in [1.165, 1.54) is 23.5 Å². The van der Waals surface area contributed by atoms with Crippen molar-refractivity contribution in [1.82, 2.24) is 36.1 Å². The predicted molar refractivity (Wildman–Crippen MR) is 187 cm³/mol. The molecule has 4 rings (SSSR count). The average Bonchev–Trinajstić information content (AvgIpc) is 3.79. The molecule has 0 spiro atoms. The van der Waals surface area contributed by atoms with Crippen LogP contribution in [-0.4, -0.2) is 86.9 Å². The standard InChI is InChI=1S/C37H57N7O6/c1-7-8-14-26(30(45)35(49)40-25-15-16-25)41-33(47)28-19-24(22(2)3)21-44(28)36(50)31(37(4,5)6)43-34(48)29(23-12-10-9-11-13-23)42-32(46)27-20-38-17-18-39-27/h17-18,20,22-26,28-29,31H,7-16,19,21H2,1-6H3,(H,40,49)(H,41,47)(H,42,46)(H,43,48)/t24-,26?,28+,29+,31-/m1/s1. The highest BCUT2D eigenvalue weighted by molar-refractivity contribution is 6.38. The second-order valence-electron chi connectivity index (χ2n) is 15.8. The first kappa shape index (κ1) is 38.9. The number of hydrogen-bond donors (Lipinski definition) is 4. The van der Waals surface area contributed by atoms with Gasteiger partial charge in [0.2, 0.25) is 23.5 Å². The summed E-state index contributed by atoms with van der Waals surface area (Å²) in [7, 11) is 0. The highest BCUT2D eigenvalue weighted by Crippen LogP contribution is 2.33. The van der Waals surface area contributed by atoms with Gasteiger partial charge in [-0.1, -0.05) is 73.6 Å². The Bertz CT molecular complexity index is 1370. The lowest BCUT2D eigenvalue weighted by Gasteiger charge is -2.37. The molecule has 0 bridgehead atoms. The SMILES string of the molecule is CCCCC(NC(=O)[C@@H]1C[C@@H](C(C)C)CN1C(=O)[C@@H](NC(=O)[C@@H](NC(=O)c1cnccn1)C1CCCCC1)C(C)(C)C)C(=O)C(=O)NC1CC1. The minimum atomic E-state index is -1.02. The van der Waals surface area contributed by atoms with Gasteiger partial charge in [-0.2, -0.15) is 0 Å². The van der Waals surface area contributed by atoms with Crippen LogP contribution in [0, 0.1) is 23.2 Å². The molecule has 1 unspecified atom stereocenters. The zero-order chi connectivity index (χ0) is 36.6. The lowest BCUT2D eigenvalue weighted by molar-refractivity contribution is -0.145. The number of likely N-dealkylation sites (tertiary alicyclic amines) is 1. The molecule has 5 atom stereocenters. The van der Waals surface area contributed by atoms with Crippen LogP contribution in [0.25, 0.3) is 0 Å². The molecule has 2 heterocycles. The van der Waals surface area contributed by atoms with Crippen LogP contribution in [0.2, 0.25) is 0 Å². The van der Waals surface area contributed by atoms with Crippen molar-refractivity contribution in [3.8, 4) is 0 Å². The molecule has 1 saturated heterocycles. The fourth-order valence-corrected chi connectivity index (χ4v) is 6.97. The molecular formula is C37H57N7O6. The molecule has 3 aliphatic rings. The van der Waals surface area contributed by atoms with E-state index in [2.05, 4.69) is 31.2 Å². The van der Waals surface area contributed by atoms with E-state index in [1.54, 1.807) is 0 Å². The second kappa shape index (κ2) is 17.4. The van der Waals surface area contributed by atoms with E-state index in [-0.39, 0.29) is 29.5 Å². The number of aromatic nitrogens is 2. The van der Waals surface area contributed by atoms with Crippen LogP contribution < -0.4 is 21.3 Å². The van der Waals surface area contributed by atoms with Crippen LogP contribution in [0.4, 0.5) is 0 Å². The van der Waals surface area contributed by atoms with E-state index >= 15 is 0 Å². The highest BCUT2D eigenvalue weighted by atomic mass is 16.2. The van der Waals surface area contributed by atoms with Crippen LogP contribution >= 0.6 is 0 Å². The van der Waals surface area contributed by atoms with Gasteiger partial charge in [-0.15, -0.1) is 0 Å². The topological polar surface area (TPSA) is 180 Å². The molecule has 4 N–H and O–H groups in total. The summed E-state index contributed by atoms with van der Waals surface area (Å²) in [6.07, 6.45) is 12.5. The number of hydrogen-bond acceptors (Lipinski definition) is 8. The van der Waals surface area contributed by atoms with Gasteiger partial charge in [-0.3, -0.25) is 33.8 Å². The molecule has 50 heavy (non-hydrogen) atoms. The zero-order valence-corrected chi connectivity index (χ0v) is 30.6. The third-order valence-electron chi connectivity index (χ3n) is 10.4. The van der Waals surface area contributed by atoms with Crippen LogP contribution in [-0.2, 0) is 24.0 Å². The Morgan fingerprint density at radius 2 is 1.62 bits per heavy atom. The van der Waals surface area contributed by atoms with Crippen molar-refractivity contribution in [3.05, 3.63) is 24.3 Å². The lowest BCUT2D eigenvalue weighted by atomic mass is 9.82. The molecule has 2 saturated carbocycles. The Morgan fingerprint density at radius 3 is 2.20 bits per heavy atom. The molecule has 2 aliphatic carbocycles. The van der Waals surface area contributed by atoms with Crippen LogP contribution in [0.3, 0.4) is 0 Å². The Morgan fingerprint density at radius 1 is 0.920 bits per heavy atom. The Kier molecular flexibility index (Phi) is 13.5. The molecule has 1 aromatic heterocycles. The third kappa shape index (κ3) is 10.3. The first-order chi connectivity index (χ1) is 23.7. The minimum Gasteiger partial charge on any atom is -0.347 e. The van der Waals surface area contributed by atoms with Gasteiger partial charge in [-0.05, 0) is 61.7 Å². The minimum absolute atomic E-state index is 0.00584. The fraction of sp³-hybridized carbons (Fsp3) is 0.730. The van der Waals surface area contributed by atoms with E-state index in [4.69, 9.17) is 0 Å². The number of unbranched alkanes of at least 4 members (excludes halogenated alkanes) is 1. The normalized spacial score (nSPS) is 21.5. The molecule has 13 nitrogen and oxygen atoms in total. The van der Waals surface area contributed by atoms with Crippen LogP contribution in [0.15, 0.2) is 18.6 Å². The van der Waals surface area contributed by atoms with Crippen molar-refractivity contribution >= 4 is 35.3 Å². The quantitative estimate of drug-likeness (QED) is 0.202. The maximum Gasteiger partial charge on any atom is 0.289 e. The summed E-state index contributed by atoms with van der Waals surface area (Å²) in [5.41, 5.74) is -0.660. The largest absolute Gasteiger partial charge is 0.347 e. The molecule has 5 amide bonds. The smallest absolute Gasteiger partial charge is 0.289 e. The predicted octanol–water partition coefficient (Wildman–Crippen LogP) is 3.08. The van der Waals surface area contributed by atoms with Crippen molar-refractivity contribution in [2.75, 3.05) is 6.54 Å². The van der Waals surface area contributed by atoms with Gasteiger partial charge in [-0.25, -0.2) is 4.98 Å². The van der Waals surface area contributed by atoms with Gasteiger partial charge in [0, 0.05) is 25.0 Å². The number of nitrogens with zero attached hydrogens (tertiary/aromatic N) is 3. The van der Waals surface area contributed by atoms with Crippen molar-refractivity contribution < 1.29 is 28.8 Å². The van der Waals surface area contributed by atoms with E-state index < -0.39 is 64.9 Å². The van der Waals surface area contributed by atoms with Gasteiger partial charge in [0.15, 0.2) is 0 Å². The van der Waals surface area contributed by atoms with E-state index in [0.29, 0.717) is 25.8 Å². The summed E-state index contributed by atoms with van der Waals surface area (Å²) < 4.78 is 0. The fourth-order valence-electron chi connectivity index (χ4n) is 6.97. The van der Waals surface area contributed by atoms with E-state index in [0.717, 1.165) is 51.4 Å². The second-order valence-corrected chi connectivity index (χ2v) is 15.8. The molecule has 13 heteroatoms. The van der Waals surface area contributed by atoms with Gasteiger partial charge in [0.25, 0.3) is 11.8 Å². The van der Waals surface area contributed by atoms with Crippen molar-refractivity contribution in [2.24, 2.45) is 23.2 Å². The number of Topliss-reactive ketones (excluding diaryl/α,β-unsaturated/α-hetero) is 1. The van der Waals surface area contributed by atoms with E-state index in [1.807, 2.05) is 41.5 Å². The summed E-state index contributed by atoms with van der Waals surface area (Å²) >= 11 is 0. The number of carbonyl (C=O) groups is 6. The average molecular weight is 696 g/mol. The van der Waals surface area contributed by atoms with Crippen LogP contribution in [0.5, 0.6) is 0 Å². The monoisotopic (exact) mass is 695 g/mol. The van der Waals surface area contributed by atoms with Crippen LogP contribution in [0.1, 0.15) is 123 Å². The zero-order valence-electron chi connectivity index (χ0n) is 30.6. The molecule has 1 aliphatic heterocycles. The summed E-state index contributed by atoms with van der Waals surface area (Å²) in [4.78, 5) is 91.4. The number of ketones is 1. The molecule has 0 aromatic carbocycles. The summed E-state index contributed by atoms with van der Waals surface area (Å²) in [5.74, 6) is -3.17. The highest BCUT2D eigenvalue weighted by Gasteiger charge is 2.47. The first-order valence-electron chi connectivity index (χ1n) is 18.5. The maximum absolute atomic E-state index is 14.6. The van der Waals surface area contributed by atoms with Gasteiger partial charge >= 0.3 is 0 Å². The Balaban J connectivity index is 1.56. The Hall–Kier alpha value is -3.90. The Labute approximate surface area is 296 Å². The van der Waals surface area contributed by atoms with Crippen molar-refractivity contribution in [3.63, 3.8) is 0 Å². The first-order valence-corrected chi connectivity index (χ1v) is 18.5. The molecule has 1 aromatic rings. The van der Waals surface area contributed by atoms with Crippen molar-refractivity contribution in [2.45, 2.75) is 142 Å². The summed E-state index contributed by atoms with van der Waals surface area (Å²) in [6, 6.07) is -3.78. The number of rotatable bonds is 15.